The summed E-state index contributed by atoms with van der Waals surface area (Å²) in [5.41, 5.74) is 8.14. The molecule has 4 N–H and O–H groups in total. The van der Waals surface area contributed by atoms with Gasteiger partial charge >= 0.3 is 12.3 Å². The van der Waals surface area contributed by atoms with E-state index in [-0.39, 0.29) is 59.9 Å². The van der Waals surface area contributed by atoms with Crippen LogP contribution < -0.4 is 26.2 Å². The quantitative estimate of drug-likeness (QED) is 0.139. The van der Waals surface area contributed by atoms with E-state index in [2.05, 4.69) is 49.4 Å². The topological polar surface area (TPSA) is 239 Å². The number of nitrogens with zero attached hydrogens (tertiary/aromatic N) is 12. The molecule has 1 aliphatic carbocycles. The molecule has 21 nitrogen and oxygen atoms in total. The van der Waals surface area contributed by atoms with Crippen LogP contribution in [0.1, 0.15) is 90.4 Å². The van der Waals surface area contributed by atoms with Crippen LogP contribution in [-0.2, 0) is 30.8 Å². The summed E-state index contributed by atoms with van der Waals surface area (Å²) in [5.74, 6) is 0.616. The molecular weight excluding hydrogens is 964 g/mol. The van der Waals surface area contributed by atoms with Gasteiger partial charge in [-0.15, -0.1) is 0 Å². The van der Waals surface area contributed by atoms with Crippen molar-refractivity contribution >= 4 is 57.7 Å². The number of nitrogens with two attached hydrogens (primary N) is 1. The standard InChI is InChI=1S/C50H62F3N15O6/c1-48(2,3)68-45-39(43(54)57-28-58-45)40(61-68)41-38(42(74-62-41)29-6-7-29)44-55-25-32(26-56-44)63-16-18-66(19-17-63)47(72)73-27-37(70)65-14-12-30(13-15-65)49(4,5)67-22-20-64(21-23-67)35-10-8-31(24-33(35)50(51,52)53)59-34-9-11-36(69)60-46(34)71/h8,10,24-26,28-30,34,59H,6-7,9,11-23,27H2,1-5H3,(H2,54,57,58)(H,60,69,71). The van der Waals surface area contributed by atoms with Crippen LogP contribution in [0.5, 0.6) is 0 Å². The molecule has 10 rings (SSSR count). The predicted octanol–water partition coefficient (Wildman–Crippen LogP) is 5.49. The van der Waals surface area contributed by atoms with Crippen LogP contribution in [0.25, 0.3) is 33.8 Å². The number of benzene rings is 1. The number of nitrogen functional groups attached to an aromatic ring is 1. The fourth-order valence-corrected chi connectivity index (χ4v) is 10.8. The normalized spacial score (nSPS) is 19.8. The lowest BCUT2D eigenvalue weighted by molar-refractivity contribution is -0.137. The van der Waals surface area contributed by atoms with E-state index in [4.69, 9.17) is 30.1 Å². The number of carbonyl (C=O) groups is 4. The summed E-state index contributed by atoms with van der Waals surface area (Å²) in [6, 6.07) is 3.22. The van der Waals surface area contributed by atoms with Crippen LogP contribution in [0.2, 0.25) is 0 Å². The van der Waals surface area contributed by atoms with Crippen molar-refractivity contribution in [3.8, 4) is 22.8 Å². The number of aromatic nitrogens is 7. The molecule has 4 aromatic heterocycles. The van der Waals surface area contributed by atoms with E-state index in [0.29, 0.717) is 105 Å². The molecule has 0 spiro atoms. The van der Waals surface area contributed by atoms with Gasteiger partial charge in [0.25, 0.3) is 5.91 Å². The van der Waals surface area contributed by atoms with Crippen LogP contribution in [0.3, 0.4) is 0 Å². The number of likely N-dealkylation sites (tertiary alicyclic amines) is 1. The van der Waals surface area contributed by atoms with Crippen LogP contribution in [0.4, 0.5) is 40.8 Å². The number of nitrogens with one attached hydrogen (secondary N) is 2. The lowest BCUT2D eigenvalue weighted by atomic mass is 9.78. The van der Waals surface area contributed by atoms with Crippen molar-refractivity contribution in [2.45, 2.75) is 102 Å². The zero-order valence-corrected chi connectivity index (χ0v) is 42.2. The first-order valence-electron chi connectivity index (χ1n) is 25.3. The molecule has 24 heteroatoms. The van der Waals surface area contributed by atoms with Gasteiger partial charge in [0.2, 0.25) is 11.8 Å². The highest BCUT2D eigenvalue weighted by Crippen LogP contribution is 2.48. The number of rotatable bonds is 11. The SMILES string of the molecule is CC(C)(C1CCN(C(=O)COC(=O)N2CCN(c3cnc(-c4c(-c5nn(C(C)(C)C)c6ncnc(N)c56)noc4C4CC4)nc3)CC2)CC1)N1CCN(c2ccc(NC3CCC(=O)NC3=O)cc2C(F)(F)F)CC1. The zero-order chi connectivity index (χ0) is 52.3. The Balaban J connectivity index is 0.688. The lowest BCUT2D eigenvalue weighted by Crippen LogP contribution is -2.59. The average molecular weight is 1030 g/mol. The third kappa shape index (κ3) is 10.1. The molecule has 0 radical (unpaired) electrons. The van der Waals surface area contributed by atoms with Crippen LogP contribution in [-0.4, -0.2) is 157 Å². The van der Waals surface area contributed by atoms with Crippen LogP contribution in [0.15, 0.2) is 41.4 Å². The highest BCUT2D eigenvalue weighted by Gasteiger charge is 2.42. The number of hydrogen-bond donors (Lipinski definition) is 3. The Labute approximate surface area is 425 Å². The summed E-state index contributed by atoms with van der Waals surface area (Å²) in [6.07, 6.45) is 3.43. The van der Waals surface area contributed by atoms with Crippen molar-refractivity contribution in [1.82, 2.24) is 54.9 Å². The molecule has 4 amide bonds. The first-order valence-corrected chi connectivity index (χ1v) is 25.3. The molecule has 8 heterocycles. The smallest absolute Gasteiger partial charge is 0.418 e. The summed E-state index contributed by atoms with van der Waals surface area (Å²) < 4.78 is 56.6. The van der Waals surface area contributed by atoms with Crippen molar-refractivity contribution in [2.75, 3.05) is 92.9 Å². The number of ether oxygens (including phenoxy) is 1. The molecule has 0 bridgehead atoms. The summed E-state index contributed by atoms with van der Waals surface area (Å²) >= 11 is 0. The molecule has 74 heavy (non-hydrogen) atoms. The van der Waals surface area contributed by atoms with Crippen LogP contribution in [0, 0.1) is 5.92 Å². The highest BCUT2D eigenvalue weighted by atomic mass is 19.4. The Morgan fingerprint density at radius 2 is 1.53 bits per heavy atom. The number of amides is 4. The van der Waals surface area contributed by atoms with E-state index < -0.39 is 41.2 Å². The minimum Gasteiger partial charge on any atom is -0.439 e. The van der Waals surface area contributed by atoms with Gasteiger partial charge in [-0.2, -0.15) is 18.3 Å². The molecule has 394 valence electrons. The Bertz CT molecular complexity index is 2930. The van der Waals surface area contributed by atoms with Crippen molar-refractivity contribution in [3.63, 3.8) is 0 Å². The molecule has 5 aromatic rings. The third-order valence-electron chi connectivity index (χ3n) is 15.3. The maximum absolute atomic E-state index is 14.4. The second-order valence-corrected chi connectivity index (χ2v) is 21.4. The van der Waals surface area contributed by atoms with Crippen molar-refractivity contribution in [1.29, 1.82) is 0 Å². The van der Waals surface area contributed by atoms with E-state index in [9.17, 15) is 32.3 Å². The van der Waals surface area contributed by atoms with E-state index in [1.54, 1.807) is 33.2 Å². The van der Waals surface area contributed by atoms with Crippen molar-refractivity contribution < 1.29 is 41.6 Å². The second-order valence-electron chi connectivity index (χ2n) is 21.4. The van der Waals surface area contributed by atoms with Crippen molar-refractivity contribution in [3.05, 3.63) is 48.2 Å². The fourth-order valence-electron chi connectivity index (χ4n) is 10.8. The molecule has 1 unspecified atom stereocenters. The Morgan fingerprint density at radius 1 is 0.838 bits per heavy atom. The first-order chi connectivity index (χ1) is 35.2. The van der Waals surface area contributed by atoms with Gasteiger partial charge < -0.3 is 39.9 Å². The maximum Gasteiger partial charge on any atom is 0.418 e. The summed E-state index contributed by atoms with van der Waals surface area (Å²) in [7, 11) is 0. The number of piperidine rings is 2. The number of alkyl halides is 3. The van der Waals surface area contributed by atoms with Gasteiger partial charge in [-0.25, -0.2) is 29.4 Å². The van der Waals surface area contributed by atoms with E-state index in [1.807, 2.05) is 25.5 Å². The minimum absolute atomic E-state index is 0.0802. The number of hydrogen-bond acceptors (Lipinski definition) is 17. The summed E-state index contributed by atoms with van der Waals surface area (Å²) in [5, 5.41) is 15.1. The highest BCUT2D eigenvalue weighted by molar-refractivity contribution is 6.02. The van der Waals surface area contributed by atoms with Gasteiger partial charge in [0.15, 0.2) is 23.8 Å². The number of piperazine rings is 2. The first kappa shape index (κ1) is 50.4. The van der Waals surface area contributed by atoms with Gasteiger partial charge in [0, 0.05) is 94.7 Å². The van der Waals surface area contributed by atoms with Gasteiger partial charge in [-0.05, 0) is 90.8 Å². The van der Waals surface area contributed by atoms with Gasteiger partial charge in [0.1, 0.15) is 29.6 Å². The largest absolute Gasteiger partial charge is 0.439 e. The molecule has 1 atom stereocenters. The summed E-state index contributed by atoms with van der Waals surface area (Å²) in [4.78, 5) is 78.2. The average Bonchev–Trinajstić information content (AvgIpc) is 4.01. The van der Waals surface area contributed by atoms with Gasteiger partial charge in [-0.3, -0.25) is 24.6 Å². The maximum atomic E-state index is 14.4. The molecule has 4 saturated heterocycles. The number of imide groups is 1. The number of carbonyl (C=O) groups excluding carboxylic acids is 4. The zero-order valence-electron chi connectivity index (χ0n) is 42.2. The van der Waals surface area contributed by atoms with Gasteiger partial charge in [0.05, 0.1) is 40.1 Å². The Hall–Kier alpha value is -7.11. The molecule has 5 aliphatic rings. The van der Waals surface area contributed by atoms with E-state index in [0.717, 1.165) is 37.4 Å². The Morgan fingerprint density at radius 3 is 2.18 bits per heavy atom. The third-order valence-corrected chi connectivity index (χ3v) is 15.3. The Kier molecular flexibility index (Phi) is 13.4. The predicted molar refractivity (Wildman–Crippen MR) is 267 cm³/mol. The fraction of sp³-hybridized carbons (Fsp3) is 0.560. The molecule has 5 fully saturated rings. The van der Waals surface area contributed by atoms with E-state index in [1.165, 1.54) is 12.4 Å². The number of anilines is 4. The number of halogens is 3. The number of fused-ring (bicyclic) bond motifs is 1. The lowest BCUT2D eigenvalue weighted by Gasteiger charge is -2.50. The molecule has 1 saturated carbocycles. The van der Waals surface area contributed by atoms with Gasteiger partial charge in [-0.1, -0.05) is 5.16 Å². The van der Waals surface area contributed by atoms with Crippen molar-refractivity contribution in [2.24, 2.45) is 5.92 Å². The molecular formula is C50H62F3N15O6. The monoisotopic (exact) mass is 1030 g/mol. The minimum atomic E-state index is -4.63. The molecule has 4 aliphatic heterocycles. The molecule has 1 aromatic carbocycles. The summed E-state index contributed by atoms with van der Waals surface area (Å²) in [6.45, 7) is 14.6. The van der Waals surface area contributed by atoms with Crippen LogP contribution >= 0.6 is 0 Å². The second kappa shape index (κ2) is 19.6. The van der Waals surface area contributed by atoms with E-state index >= 15 is 0 Å².